The zero-order valence-electron chi connectivity index (χ0n) is 33.5. The van der Waals surface area contributed by atoms with E-state index in [1.807, 2.05) is 53.4 Å². The molecule has 0 atom stereocenters. The van der Waals surface area contributed by atoms with Crippen LogP contribution in [0.1, 0.15) is 134 Å². The van der Waals surface area contributed by atoms with Crippen LogP contribution < -0.4 is 5.73 Å². The lowest BCUT2D eigenvalue weighted by molar-refractivity contribution is -0.500. The van der Waals surface area contributed by atoms with Gasteiger partial charge >= 0.3 is 5.97 Å². The molecule has 0 radical (unpaired) electrons. The van der Waals surface area contributed by atoms with Crippen molar-refractivity contribution in [2.24, 2.45) is 22.0 Å². The van der Waals surface area contributed by atoms with Gasteiger partial charge < -0.3 is 25.2 Å². The Kier molecular flexibility index (Phi) is 19.1. The largest absolute Gasteiger partial charge is 0.481 e. The molecule has 1 fully saturated rings. The second kappa shape index (κ2) is 20.0. The average Bonchev–Trinajstić information content (AvgIpc) is 2.98. The van der Waals surface area contributed by atoms with Crippen LogP contribution in [-0.2, 0) is 23.9 Å². The third-order valence-corrected chi connectivity index (χ3v) is 9.23. The summed E-state index contributed by atoms with van der Waals surface area (Å²) in [7, 11) is 3.60. The summed E-state index contributed by atoms with van der Waals surface area (Å²) >= 11 is 0. The van der Waals surface area contributed by atoms with Gasteiger partial charge in [0.25, 0.3) is 0 Å². The number of carboxylic acids is 1. The van der Waals surface area contributed by atoms with Crippen LogP contribution >= 0.6 is 0 Å². The quantitative estimate of drug-likeness (QED) is 0.0880. The van der Waals surface area contributed by atoms with E-state index in [9.17, 15) is 14.4 Å². The molecule has 282 valence electrons. The van der Waals surface area contributed by atoms with Gasteiger partial charge in [0, 0.05) is 49.6 Å². The van der Waals surface area contributed by atoms with Crippen LogP contribution in [0.2, 0.25) is 0 Å². The Balaban J connectivity index is 0.0000108. The standard InChI is InChI=1S/C37H69N3O6.CH5N/c1-14-18-35(7,8)32(44)39-21-16-29(17-22-39)40(28-38(13)23-20-34(5,6)26-30(41)33(2,3)4)24-25-45-37(11,12)27-46-36(9,10)19-15-31(42)43;1-2/h28-29H,14-27H2,1-13H3;2H2,1H3/p+1. The van der Waals surface area contributed by atoms with E-state index in [-0.39, 0.29) is 34.6 Å². The van der Waals surface area contributed by atoms with Gasteiger partial charge in [0.2, 0.25) is 12.2 Å². The molecule has 0 saturated carbocycles. The number of carbonyl (C=O) groups excluding carboxylic acids is 2. The molecule has 10 nitrogen and oxygen atoms in total. The smallest absolute Gasteiger partial charge is 0.303 e. The molecule has 0 aliphatic carbocycles. The number of nitrogens with zero attached hydrogens (tertiary/aromatic N) is 3. The first-order valence-electron chi connectivity index (χ1n) is 18.1. The van der Waals surface area contributed by atoms with Gasteiger partial charge in [0.15, 0.2) is 0 Å². The normalized spacial score (nSPS) is 15.6. The number of hydrogen-bond acceptors (Lipinski definition) is 6. The fourth-order valence-electron chi connectivity index (χ4n) is 5.79. The van der Waals surface area contributed by atoms with Crippen LogP contribution in [0.4, 0.5) is 0 Å². The van der Waals surface area contributed by atoms with Crippen LogP contribution in [-0.4, -0.2) is 114 Å². The molecule has 0 aromatic rings. The molecule has 0 aromatic heterocycles. The predicted molar refractivity (Wildman–Crippen MR) is 197 cm³/mol. The summed E-state index contributed by atoms with van der Waals surface area (Å²) in [4.78, 5) is 41.5. The van der Waals surface area contributed by atoms with Gasteiger partial charge in [-0.3, -0.25) is 23.9 Å². The number of aliphatic carboxylic acids is 1. The molecule has 1 saturated heterocycles. The van der Waals surface area contributed by atoms with Gasteiger partial charge in [-0.15, -0.1) is 0 Å². The minimum atomic E-state index is -0.824. The summed E-state index contributed by atoms with van der Waals surface area (Å²) < 4.78 is 14.7. The van der Waals surface area contributed by atoms with E-state index in [0.717, 1.165) is 51.7 Å². The van der Waals surface area contributed by atoms with Crippen LogP contribution in [0.25, 0.3) is 0 Å². The zero-order valence-corrected chi connectivity index (χ0v) is 33.5. The minimum Gasteiger partial charge on any atom is -0.481 e. The number of nitrogens with two attached hydrogens (primary N) is 1. The maximum Gasteiger partial charge on any atom is 0.303 e. The molecule has 48 heavy (non-hydrogen) atoms. The number of rotatable bonds is 20. The van der Waals surface area contributed by atoms with Gasteiger partial charge in [-0.2, -0.15) is 0 Å². The summed E-state index contributed by atoms with van der Waals surface area (Å²) in [5.74, 6) is -0.276. The van der Waals surface area contributed by atoms with E-state index in [4.69, 9.17) is 14.6 Å². The molecule has 1 heterocycles. The minimum absolute atomic E-state index is 0.0667. The van der Waals surface area contributed by atoms with Crippen molar-refractivity contribution in [3.8, 4) is 0 Å². The number of hydrogen-bond donors (Lipinski definition) is 2. The molecule has 3 N–H and O–H groups in total. The first-order chi connectivity index (χ1) is 21.9. The summed E-state index contributed by atoms with van der Waals surface area (Å²) in [5.41, 5.74) is 2.64. The Labute approximate surface area is 294 Å². The maximum absolute atomic E-state index is 13.3. The van der Waals surface area contributed by atoms with E-state index >= 15 is 0 Å². The lowest BCUT2D eigenvalue weighted by Crippen LogP contribution is -2.51. The zero-order chi connectivity index (χ0) is 37.6. The third-order valence-electron chi connectivity index (χ3n) is 9.23. The summed E-state index contributed by atoms with van der Waals surface area (Å²) in [6.45, 7) is 28.3. The Bertz CT molecular complexity index is 1020. The highest BCUT2D eigenvalue weighted by Crippen LogP contribution is 2.31. The lowest BCUT2D eigenvalue weighted by atomic mass is 9.77. The van der Waals surface area contributed by atoms with Gasteiger partial charge in [0.05, 0.1) is 44.1 Å². The number of carboxylic acid groups (broad SMARTS) is 1. The third kappa shape index (κ3) is 18.1. The molecule has 1 amide bonds. The Morgan fingerprint density at radius 3 is 1.96 bits per heavy atom. The summed E-state index contributed by atoms with van der Waals surface area (Å²) in [6, 6.07) is 0.286. The van der Waals surface area contributed by atoms with Crippen molar-refractivity contribution in [3.05, 3.63) is 0 Å². The number of ketones is 1. The van der Waals surface area contributed by atoms with Crippen LogP contribution in [0.5, 0.6) is 0 Å². The molecule has 1 rings (SSSR count). The van der Waals surface area contributed by atoms with Crippen LogP contribution in [0.3, 0.4) is 0 Å². The maximum atomic E-state index is 13.3. The SMILES string of the molecule is CCCC(C)(C)C(=O)N1CCC(N(C=[N+](C)CCC(C)(C)CC(=O)C(C)(C)C)CCOC(C)(C)COC(C)(C)CCC(=O)O)CC1.CN. The predicted octanol–water partition coefficient (Wildman–Crippen LogP) is 6.23. The topological polar surface area (TPSA) is 125 Å². The summed E-state index contributed by atoms with van der Waals surface area (Å²) in [6.07, 6.45) is 7.84. The molecule has 0 spiro atoms. The van der Waals surface area contributed by atoms with Gasteiger partial charge in [-0.1, -0.05) is 61.8 Å². The fourth-order valence-corrected chi connectivity index (χ4v) is 5.79. The summed E-state index contributed by atoms with van der Waals surface area (Å²) in [5, 5.41) is 9.05. The van der Waals surface area contributed by atoms with Crippen LogP contribution in [0.15, 0.2) is 0 Å². The van der Waals surface area contributed by atoms with Crippen molar-refractivity contribution < 1.29 is 33.5 Å². The Morgan fingerprint density at radius 1 is 0.896 bits per heavy atom. The molecular formula is C38H75N4O6+. The Morgan fingerprint density at radius 2 is 1.46 bits per heavy atom. The van der Waals surface area contributed by atoms with E-state index in [1.54, 1.807) is 0 Å². The van der Waals surface area contributed by atoms with E-state index in [0.29, 0.717) is 38.4 Å². The van der Waals surface area contributed by atoms with E-state index in [1.165, 1.54) is 7.05 Å². The number of likely N-dealkylation sites (tertiary alicyclic amines) is 1. The number of Topliss-reactive ketones (excluding diaryl/α,β-unsaturated/α-hetero) is 1. The van der Waals surface area contributed by atoms with E-state index < -0.39 is 17.2 Å². The number of amides is 1. The fraction of sp³-hybridized carbons (Fsp3) is 0.895. The Hall–Kier alpha value is -2.04. The van der Waals surface area contributed by atoms with Crippen molar-refractivity contribution in [1.29, 1.82) is 0 Å². The number of piperidine rings is 1. The average molecular weight is 684 g/mol. The van der Waals surface area contributed by atoms with Gasteiger partial charge in [0.1, 0.15) is 12.3 Å². The van der Waals surface area contributed by atoms with Crippen molar-refractivity contribution >= 4 is 24.0 Å². The van der Waals surface area contributed by atoms with Crippen molar-refractivity contribution in [2.45, 2.75) is 152 Å². The van der Waals surface area contributed by atoms with Gasteiger partial charge in [-0.05, 0) is 59.4 Å². The second-order valence-electron chi connectivity index (χ2n) is 17.3. The molecule has 1 aliphatic rings. The second-order valence-corrected chi connectivity index (χ2v) is 17.3. The molecular weight excluding hydrogens is 608 g/mol. The number of carbonyl (C=O) groups is 3. The molecule has 0 unspecified atom stereocenters. The first kappa shape index (κ1) is 46.0. The van der Waals surface area contributed by atoms with E-state index in [2.05, 4.69) is 63.2 Å². The molecule has 0 aromatic carbocycles. The highest BCUT2D eigenvalue weighted by atomic mass is 16.6. The monoisotopic (exact) mass is 684 g/mol. The molecule has 1 aliphatic heterocycles. The lowest BCUT2D eigenvalue weighted by Gasteiger charge is -2.38. The first-order valence-corrected chi connectivity index (χ1v) is 18.1. The van der Waals surface area contributed by atoms with Crippen molar-refractivity contribution in [3.63, 3.8) is 0 Å². The number of ether oxygens (including phenoxy) is 2. The molecule has 10 heteroatoms. The van der Waals surface area contributed by atoms with Crippen molar-refractivity contribution in [1.82, 2.24) is 9.80 Å². The van der Waals surface area contributed by atoms with Crippen molar-refractivity contribution in [2.75, 3.05) is 53.5 Å². The van der Waals surface area contributed by atoms with Crippen LogP contribution in [0, 0.1) is 16.2 Å². The highest BCUT2D eigenvalue weighted by Gasteiger charge is 2.36. The molecule has 0 bridgehead atoms. The highest BCUT2D eigenvalue weighted by molar-refractivity contribution is 5.84. The van der Waals surface area contributed by atoms with Gasteiger partial charge in [-0.25, -0.2) is 0 Å².